The molecule has 0 fully saturated rings. The number of hydrogen-bond donors (Lipinski definition) is 0. The molecule has 0 saturated heterocycles. The van der Waals surface area contributed by atoms with Gasteiger partial charge in [0.05, 0.1) is 12.0 Å². The number of nitrogens with zero attached hydrogens (tertiary/aromatic N) is 1. The van der Waals surface area contributed by atoms with Gasteiger partial charge in [0, 0.05) is 12.1 Å². The molecule has 0 aliphatic heterocycles. The fourth-order valence-corrected chi connectivity index (χ4v) is 2.01. The number of hydrogen-bond acceptors (Lipinski definition) is 5. The minimum Gasteiger partial charge on any atom is -0.496 e. The van der Waals surface area contributed by atoms with E-state index in [1.165, 1.54) is 19.2 Å². The van der Waals surface area contributed by atoms with Crippen molar-refractivity contribution in [2.45, 2.75) is 13.5 Å². The van der Waals surface area contributed by atoms with Gasteiger partial charge in [-0.05, 0) is 36.2 Å². The van der Waals surface area contributed by atoms with E-state index in [2.05, 4.69) is 0 Å². The average molecular weight is 301 g/mol. The first-order valence-electron chi connectivity index (χ1n) is 6.57. The standard InChI is InChI=1S/C16H15NO5/c1-11-4-3-5-14(21-2)15(11)16(18)22-10-12-6-8-13(9-7-12)17(19)20/h3-9H,10H2,1-2H3. The van der Waals surface area contributed by atoms with Crippen LogP contribution in [0.2, 0.25) is 0 Å². The van der Waals surface area contributed by atoms with Crippen molar-refractivity contribution in [3.8, 4) is 5.75 Å². The van der Waals surface area contributed by atoms with E-state index in [0.29, 0.717) is 16.9 Å². The highest BCUT2D eigenvalue weighted by molar-refractivity contribution is 5.94. The third kappa shape index (κ3) is 3.41. The minimum absolute atomic E-state index is 0.00403. The van der Waals surface area contributed by atoms with Crippen LogP contribution in [0.1, 0.15) is 21.5 Å². The molecule has 0 aliphatic carbocycles. The molecule has 0 saturated carbocycles. The van der Waals surface area contributed by atoms with Crippen LogP contribution in [0.4, 0.5) is 5.69 Å². The SMILES string of the molecule is COc1cccc(C)c1C(=O)OCc1ccc([N+](=O)[O-])cc1. The van der Waals surface area contributed by atoms with Crippen LogP contribution in [0.3, 0.4) is 0 Å². The summed E-state index contributed by atoms with van der Waals surface area (Å²) in [6, 6.07) is 11.1. The molecule has 22 heavy (non-hydrogen) atoms. The van der Waals surface area contributed by atoms with E-state index in [1.54, 1.807) is 37.3 Å². The molecular weight excluding hydrogens is 286 g/mol. The number of esters is 1. The van der Waals surface area contributed by atoms with Gasteiger partial charge in [0.2, 0.25) is 0 Å². The molecule has 0 N–H and O–H groups in total. The van der Waals surface area contributed by atoms with Gasteiger partial charge in [0.25, 0.3) is 5.69 Å². The Morgan fingerprint density at radius 2 is 1.86 bits per heavy atom. The second-order valence-corrected chi connectivity index (χ2v) is 4.65. The molecule has 0 aromatic heterocycles. The van der Waals surface area contributed by atoms with Crippen LogP contribution in [0.25, 0.3) is 0 Å². The van der Waals surface area contributed by atoms with Gasteiger partial charge < -0.3 is 9.47 Å². The molecule has 6 nitrogen and oxygen atoms in total. The van der Waals surface area contributed by atoms with Gasteiger partial charge in [0.15, 0.2) is 0 Å². The Kier molecular flexibility index (Phi) is 4.73. The van der Waals surface area contributed by atoms with Crippen molar-refractivity contribution in [3.05, 3.63) is 69.3 Å². The predicted molar refractivity (Wildman–Crippen MR) is 79.9 cm³/mol. The predicted octanol–water partition coefficient (Wildman–Crippen LogP) is 3.27. The lowest BCUT2D eigenvalue weighted by Crippen LogP contribution is -2.09. The summed E-state index contributed by atoms with van der Waals surface area (Å²) in [7, 11) is 1.49. The second kappa shape index (κ2) is 6.71. The van der Waals surface area contributed by atoms with Crippen molar-refractivity contribution in [1.82, 2.24) is 0 Å². The summed E-state index contributed by atoms with van der Waals surface area (Å²) in [6.45, 7) is 1.83. The maximum absolute atomic E-state index is 12.2. The lowest BCUT2D eigenvalue weighted by molar-refractivity contribution is -0.384. The quantitative estimate of drug-likeness (QED) is 0.481. The smallest absolute Gasteiger partial charge is 0.342 e. The van der Waals surface area contributed by atoms with Gasteiger partial charge in [-0.1, -0.05) is 12.1 Å². The molecule has 0 heterocycles. The molecule has 2 aromatic carbocycles. The molecule has 0 spiro atoms. The van der Waals surface area contributed by atoms with Crippen molar-refractivity contribution in [2.24, 2.45) is 0 Å². The highest BCUT2D eigenvalue weighted by Gasteiger charge is 2.16. The molecule has 2 rings (SSSR count). The number of carbonyl (C=O) groups is 1. The number of nitro groups is 1. The van der Waals surface area contributed by atoms with Crippen molar-refractivity contribution < 1.29 is 19.2 Å². The fourth-order valence-electron chi connectivity index (χ4n) is 2.01. The van der Waals surface area contributed by atoms with E-state index in [4.69, 9.17) is 9.47 Å². The molecule has 0 radical (unpaired) electrons. The van der Waals surface area contributed by atoms with E-state index in [-0.39, 0.29) is 12.3 Å². The highest BCUT2D eigenvalue weighted by atomic mass is 16.6. The number of aryl methyl sites for hydroxylation is 1. The largest absolute Gasteiger partial charge is 0.496 e. The molecule has 0 amide bonds. The monoisotopic (exact) mass is 301 g/mol. The molecule has 0 bridgehead atoms. The Morgan fingerprint density at radius 3 is 2.45 bits per heavy atom. The van der Waals surface area contributed by atoms with Crippen LogP contribution in [0.5, 0.6) is 5.75 Å². The zero-order chi connectivity index (χ0) is 16.1. The number of rotatable bonds is 5. The summed E-state index contributed by atoms with van der Waals surface area (Å²) in [4.78, 5) is 22.3. The van der Waals surface area contributed by atoms with Gasteiger partial charge in [0.1, 0.15) is 17.9 Å². The zero-order valence-corrected chi connectivity index (χ0v) is 12.2. The number of ether oxygens (including phenoxy) is 2. The van der Waals surface area contributed by atoms with Gasteiger partial charge in [-0.3, -0.25) is 10.1 Å². The summed E-state index contributed by atoms with van der Waals surface area (Å²) in [5.74, 6) is -0.0398. The maximum atomic E-state index is 12.2. The minimum atomic E-state index is -0.492. The van der Waals surface area contributed by atoms with E-state index >= 15 is 0 Å². The third-order valence-corrected chi connectivity index (χ3v) is 3.18. The first-order valence-corrected chi connectivity index (χ1v) is 6.57. The van der Waals surface area contributed by atoms with Crippen molar-refractivity contribution in [1.29, 1.82) is 0 Å². The lowest BCUT2D eigenvalue weighted by Gasteiger charge is -2.11. The summed E-state index contributed by atoms with van der Waals surface area (Å²) >= 11 is 0. The number of nitro benzene ring substituents is 1. The zero-order valence-electron chi connectivity index (χ0n) is 12.2. The molecule has 0 aliphatic rings. The first-order chi connectivity index (χ1) is 10.5. The topological polar surface area (TPSA) is 78.7 Å². The summed E-state index contributed by atoms with van der Waals surface area (Å²) < 4.78 is 10.4. The summed E-state index contributed by atoms with van der Waals surface area (Å²) in [5.41, 5.74) is 1.81. The van der Waals surface area contributed by atoms with Crippen molar-refractivity contribution >= 4 is 11.7 Å². The lowest BCUT2D eigenvalue weighted by atomic mass is 10.1. The van der Waals surface area contributed by atoms with E-state index in [1.807, 2.05) is 0 Å². The number of non-ortho nitro benzene ring substituents is 1. The fraction of sp³-hybridized carbons (Fsp3) is 0.188. The van der Waals surface area contributed by atoms with Crippen molar-refractivity contribution in [2.75, 3.05) is 7.11 Å². The number of benzene rings is 2. The van der Waals surface area contributed by atoms with E-state index in [9.17, 15) is 14.9 Å². The Balaban J connectivity index is 2.08. The molecule has 0 atom stereocenters. The Morgan fingerprint density at radius 1 is 1.18 bits per heavy atom. The molecule has 2 aromatic rings. The Bertz CT molecular complexity index is 694. The molecule has 114 valence electrons. The maximum Gasteiger partial charge on any atom is 0.342 e. The van der Waals surface area contributed by atoms with Gasteiger partial charge in [-0.2, -0.15) is 0 Å². The van der Waals surface area contributed by atoms with Crippen LogP contribution in [-0.2, 0) is 11.3 Å². The van der Waals surface area contributed by atoms with Gasteiger partial charge >= 0.3 is 5.97 Å². The van der Waals surface area contributed by atoms with E-state index < -0.39 is 10.9 Å². The Hall–Kier alpha value is -2.89. The Labute approximate surface area is 127 Å². The molecular formula is C16H15NO5. The first kappa shape index (κ1) is 15.5. The molecule has 0 unspecified atom stereocenters. The van der Waals surface area contributed by atoms with Gasteiger partial charge in [-0.25, -0.2) is 4.79 Å². The van der Waals surface area contributed by atoms with Crippen LogP contribution in [0.15, 0.2) is 42.5 Å². The second-order valence-electron chi connectivity index (χ2n) is 4.65. The normalized spacial score (nSPS) is 10.1. The van der Waals surface area contributed by atoms with Gasteiger partial charge in [-0.15, -0.1) is 0 Å². The summed E-state index contributed by atoms with van der Waals surface area (Å²) in [5, 5.41) is 10.6. The summed E-state index contributed by atoms with van der Waals surface area (Å²) in [6.07, 6.45) is 0. The third-order valence-electron chi connectivity index (χ3n) is 3.18. The number of methoxy groups -OCH3 is 1. The number of carbonyl (C=O) groups excluding carboxylic acids is 1. The highest BCUT2D eigenvalue weighted by Crippen LogP contribution is 2.23. The molecule has 6 heteroatoms. The van der Waals surface area contributed by atoms with Crippen LogP contribution in [-0.4, -0.2) is 18.0 Å². The van der Waals surface area contributed by atoms with E-state index in [0.717, 1.165) is 5.56 Å². The average Bonchev–Trinajstić information content (AvgIpc) is 2.52. The van der Waals surface area contributed by atoms with Crippen LogP contribution >= 0.6 is 0 Å². The van der Waals surface area contributed by atoms with Crippen molar-refractivity contribution in [3.63, 3.8) is 0 Å². The van der Waals surface area contributed by atoms with Crippen LogP contribution in [0, 0.1) is 17.0 Å². The van der Waals surface area contributed by atoms with Crippen LogP contribution < -0.4 is 4.74 Å².